The van der Waals surface area contributed by atoms with Crippen LogP contribution in [0.2, 0.25) is 0 Å². The number of aryl methyl sites for hydroxylation is 1. The van der Waals surface area contributed by atoms with Crippen molar-refractivity contribution >= 4 is 11.8 Å². The van der Waals surface area contributed by atoms with Crippen LogP contribution in [0.3, 0.4) is 0 Å². The number of carbonyl (C=O) groups is 2. The number of amides is 2. The van der Waals surface area contributed by atoms with Gasteiger partial charge in [0.2, 0.25) is 17.7 Å². The van der Waals surface area contributed by atoms with Crippen LogP contribution in [0.15, 0.2) is 34.9 Å². The van der Waals surface area contributed by atoms with E-state index in [0.717, 1.165) is 5.56 Å². The van der Waals surface area contributed by atoms with E-state index >= 15 is 0 Å². The molecule has 7 nitrogen and oxygen atoms in total. The number of nitrogens with two attached hydrogens (primary N) is 1. The quantitative estimate of drug-likeness (QED) is 0.849. The van der Waals surface area contributed by atoms with Crippen LogP contribution in [-0.2, 0) is 22.4 Å². The van der Waals surface area contributed by atoms with Crippen LogP contribution in [0.4, 0.5) is 0 Å². The third-order valence-corrected chi connectivity index (χ3v) is 4.21. The highest BCUT2D eigenvalue weighted by molar-refractivity contribution is 5.81. The van der Waals surface area contributed by atoms with Crippen LogP contribution in [-0.4, -0.2) is 39.9 Å². The molecule has 7 heteroatoms. The van der Waals surface area contributed by atoms with E-state index in [0.29, 0.717) is 50.5 Å². The van der Waals surface area contributed by atoms with Gasteiger partial charge in [0.05, 0.1) is 5.92 Å². The zero-order chi connectivity index (χ0) is 16.9. The lowest BCUT2D eigenvalue weighted by molar-refractivity contribution is -0.130. The summed E-state index contributed by atoms with van der Waals surface area (Å²) < 4.78 is 5.20. The first-order valence-electron chi connectivity index (χ1n) is 8.04. The van der Waals surface area contributed by atoms with Gasteiger partial charge < -0.3 is 15.2 Å². The highest BCUT2D eigenvalue weighted by atomic mass is 16.5. The average Bonchev–Trinajstić information content (AvgIpc) is 3.23. The van der Waals surface area contributed by atoms with E-state index in [1.54, 1.807) is 4.90 Å². The molecule has 1 aromatic carbocycles. The molecule has 0 aliphatic carbocycles. The van der Waals surface area contributed by atoms with Crippen LogP contribution >= 0.6 is 0 Å². The molecular formula is C17H20N4O3. The van der Waals surface area contributed by atoms with Gasteiger partial charge in [-0.1, -0.05) is 35.5 Å². The number of primary amides is 1. The number of hydrogen-bond acceptors (Lipinski definition) is 5. The monoisotopic (exact) mass is 328 g/mol. The predicted molar refractivity (Wildman–Crippen MR) is 85.7 cm³/mol. The molecule has 0 radical (unpaired) electrons. The maximum Gasteiger partial charge on any atom is 0.227 e. The third kappa shape index (κ3) is 3.98. The molecule has 1 aliphatic rings. The first kappa shape index (κ1) is 16.2. The van der Waals surface area contributed by atoms with E-state index in [2.05, 4.69) is 10.1 Å². The Morgan fingerprint density at radius 3 is 2.79 bits per heavy atom. The molecule has 2 aromatic rings. The van der Waals surface area contributed by atoms with Crippen molar-refractivity contribution in [2.24, 2.45) is 11.7 Å². The van der Waals surface area contributed by atoms with Crippen molar-refractivity contribution in [1.29, 1.82) is 0 Å². The Hall–Kier alpha value is -2.70. The second-order valence-corrected chi connectivity index (χ2v) is 5.99. The molecule has 0 unspecified atom stereocenters. The molecule has 2 N–H and O–H groups in total. The first-order valence-corrected chi connectivity index (χ1v) is 8.04. The second kappa shape index (κ2) is 7.25. The maximum absolute atomic E-state index is 12.2. The van der Waals surface area contributed by atoms with E-state index in [9.17, 15) is 9.59 Å². The van der Waals surface area contributed by atoms with Crippen molar-refractivity contribution in [1.82, 2.24) is 15.0 Å². The standard InChI is InChI=1S/C17H20N4O3/c18-17(23)13-8-9-21(11-13)16(22)7-6-15-19-14(20-24-15)10-12-4-2-1-3-5-12/h1-5,13H,6-11H2,(H2,18,23)/t13-/m1/s1. The van der Waals surface area contributed by atoms with Crippen LogP contribution < -0.4 is 5.73 Å². The summed E-state index contributed by atoms with van der Waals surface area (Å²) in [6.07, 6.45) is 1.93. The van der Waals surface area contributed by atoms with Gasteiger partial charge >= 0.3 is 0 Å². The number of likely N-dealkylation sites (tertiary alicyclic amines) is 1. The van der Waals surface area contributed by atoms with Crippen molar-refractivity contribution in [3.8, 4) is 0 Å². The molecule has 1 atom stereocenters. The molecule has 1 saturated heterocycles. The van der Waals surface area contributed by atoms with Gasteiger partial charge in [0.1, 0.15) is 0 Å². The molecule has 24 heavy (non-hydrogen) atoms. The minimum Gasteiger partial charge on any atom is -0.369 e. The largest absolute Gasteiger partial charge is 0.369 e. The summed E-state index contributed by atoms with van der Waals surface area (Å²) in [5.74, 6) is 0.489. The molecule has 1 fully saturated rings. The van der Waals surface area contributed by atoms with Crippen molar-refractivity contribution < 1.29 is 14.1 Å². The number of rotatable bonds is 6. The van der Waals surface area contributed by atoms with E-state index in [1.165, 1.54) is 0 Å². The fourth-order valence-electron chi connectivity index (χ4n) is 2.83. The normalized spacial score (nSPS) is 17.2. The van der Waals surface area contributed by atoms with E-state index in [4.69, 9.17) is 10.3 Å². The minimum absolute atomic E-state index is 0.0124. The minimum atomic E-state index is -0.340. The lowest BCUT2D eigenvalue weighted by Crippen LogP contribution is -2.31. The van der Waals surface area contributed by atoms with Crippen molar-refractivity contribution in [2.45, 2.75) is 25.7 Å². The van der Waals surface area contributed by atoms with Crippen LogP contribution in [0.5, 0.6) is 0 Å². The van der Waals surface area contributed by atoms with E-state index in [-0.39, 0.29) is 17.7 Å². The Morgan fingerprint density at radius 2 is 2.08 bits per heavy atom. The van der Waals surface area contributed by atoms with Crippen molar-refractivity contribution in [2.75, 3.05) is 13.1 Å². The highest BCUT2D eigenvalue weighted by Crippen LogP contribution is 2.17. The number of aromatic nitrogens is 2. The maximum atomic E-state index is 12.2. The van der Waals surface area contributed by atoms with Gasteiger partial charge in [-0.15, -0.1) is 0 Å². The summed E-state index contributed by atoms with van der Waals surface area (Å²) in [6.45, 7) is 0.993. The number of hydrogen-bond donors (Lipinski definition) is 1. The molecule has 3 rings (SSSR count). The zero-order valence-electron chi connectivity index (χ0n) is 13.4. The molecule has 126 valence electrons. The summed E-state index contributed by atoms with van der Waals surface area (Å²) in [7, 11) is 0. The number of carbonyl (C=O) groups excluding carboxylic acids is 2. The Morgan fingerprint density at radius 1 is 1.29 bits per heavy atom. The third-order valence-electron chi connectivity index (χ3n) is 4.21. The molecule has 0 bridgehead atoms. The first-order chi connectivity index (χ1) is 11.6. The molecule has 0 spiro atoms. The predicted octanol–water partition coefficient (Wildman–Crippen LogP) is 0.927. The molecular weight excluding hydrogens is 308 g/mol. The summed E-state index contributed by atoms with van der Waals surface area (Å²) in [6, 6.07) is 9.89. The molecule has 2 amide bonds. The summed E-state index contributed by atoms with van der Waals surface area (Å²) in [4.78, 5) is 29.3. The van der Waals surface area contributed by atoms with Crippen molar-refractivity contribution in [3.63, 3.8) is 0 Å². The van der Waals surface area contributed by atoms with Gasteiger partial charge in [0, 0.05) is 32.4 Å². The Balaban J connectivity index is 1.49. The smallest absolute Gasteiger partial charge is 0.227 e. The van der Waals surface area contributed by atoms with Crippen LogP contribution in [0.25, 0.3) is 0 Å². The summed E-state index contributed by atoms with van der Waals surface area (Å²) >= 11 is 0. The highest BCUT2D eigenvalue weighted by Gasteiger charge is 2.29. The van der Waals surface area contributed by atoms with Crippen LogP contribution in [0, 0.1) is 5.92 Å². The van der Waals surface area contributed by atoms with Gasteiger partial charge in [0.25, 0.3) is 0 Å². The lowest BCUT2D eigenvalue weighted by Gasteiger charge is -2.15. The topological polar surface area (TPSA) is 102 Å². The summed E-state index contributed by atoms with van der Waals surface area (Å²) in [5, 5.41) is 3.95. The van der Waals surface area contributed by atoms with E-state index in [1.807, 2.05) is 30.3 Å². The van der Waals surface area contributed by atoms with Gasteiger partial charge in [-0.25, -0.2) is 0 Å². The number of benzene rings is 1. The van der Waals surface area contributed by atoms with Crippen molar-refractivity contribution in [3.05, 3.63) is 47.6 Å². The molecule has 1 aromatic heterocycles. The SMILES string of the molecule is NC(=O)[C@@H]1CCN(C(=O)CCc2nc(Cc3ccccc3)no2)C1. The van der Waals surface area contributed by atoms with Gasteiger partial charge in [-0.05, 0) is 12.0 Å². The lowest BCUT2D eigenvalue weighted by atomic mass is 10.1. The molecule has 1 aliphatic heterocycles. The summed E-state index contributed by atoms with van der Waals surface area (Å²) in [5.41, 5.74) is 6.39. The van der Waals surface area contributed by atoms with Crippen LogP contribution in [0.1, 0.15) is 30.1 Å². The molecule has 0 saturated carbocycles. The zero-order valence-corrected chi connectivity index (χ0v) is 13.4. The fraction of sp³-hybridized carbons (Fsp3) is 0.412. The van der Waals surface area contributed by atoms with Gasteiger partial charge in [0.15, 0.2) is 5.82 Å². The number of nitrogens with zero attached hydrogens (tertiary/aromatic N) is 3. The average molecular weight is 328 g/mol. The Kier molecular flexibility index (Phi) is 4.88. The van der Waals surface area contributed by atoms with Gasteiger partial charge in [-0.3, -0.25) is 9.59 Å². The molecule has 2 heterocycles. The Labute approximate surface area is 139 Å². The Bertz CT molecular complexity index is 714. The second-order valence-electron chi connectivity index (χ2n) is 5.99. The van der Waals surface area contributed by atoms with Gasteiger partial charge in [-0.2, -0.15) is 4.98 Å². The fourth-order valence-corrected chi connectivity index (χ4v) is 2.83. The van der Waals surface area contributed by atoms with E-state index < -0.39 is 0 Å².